The number of anilines is 1. The van der Waals surface area contributed by atoms with Gasteiger partial charge in [0.2, 0.25) is 5.95 Å². The molecule has 0 amide bonds. The molecule has 0 saturated carbocycles. The predicted octanol–water partition coefficient (Wildman–Crippen LogP) is 3.97. The topological polar surface area (TPSA) is 89.1 Å². The number of aromatic nitrogens is 2. The summed E-state index contributed by atoms with van der Waals surface area (Å²) in [5.74, 6) is -0.495. The van der Waals surface area contributed by atoms with Crippen LogP contribution in [-0.2, 0) is 4.79 Å². The van der Waals surface area contributed by atoms with Crippen molar-refractivity contribution in [3.05, 3.63) is 89.2 Å². The number of nitrogens with two attached hydrogens (primary N) is 1. The van der Waals surface area contributed by atoms with Crippen LogP contribution in [0.1, 0.15) is 34.9 Å². The summed E-state index contributed by atoms with van der Waals surface area (Å²) < 4.78 is 0. The van der Waals surface area contributed by atoms with Gasteiger partial charge in [0.25, 0.3) is 0 Å². The second kappa shape index (κ2) is 9.32. The smallest absolute Gasteiger partial charge is 0.304 e. The lowest BCUT2D eigenvalue weighted by Crippen LogP contribution is -2.07. The Morgan fingerprint density at radius 1 is 0.923 bits per heavy atom. The normalized spacial score (nSPS) is 10.1. The maximum absolute atomic E-state index is 11.0. The second-order valence-electron chi connectivity index (χ2n) is 5.98. The Morgan fingerprint density at radius 3 is 1.69 bits per heavy atom. The third-order valence-corrected chi connectivity index (χ3v) is 3.78. The van der Waals surface area contributed by atoms with E-state index in [1.54, 1.807) is 0 Å². The largest absolute Gasteiger partial charge is 0.481 e. The van der Waals surface area contributed by atoms with Gasteiger partial charge in [0.05, 0.1) is 6.42 Å². The molecular formula is C21H23N3O2. The maximum Gasteiger partial charge on any atom is 0.304 e. The Labute approximate surface area is 153 Å². The molecule has 1 aromatic heterocycles. The molecule has 0 radical (unpaired) electrons. The van der Waals surface area contributed by atoms with E-state index in [-0.39, 0.29) is 12.3 Å². The molecular weight excluding hydrogens is 326 g/mol. The second-order valence-corrected chi connectivity index (χ2v) is 5.98. The van der Waals surface area contributed by atoms with Crippen LogP contribution in [0, 0.1) is 13.8 Å². The van der Waals surface area contributed by atoms with E-state index in [4.69, 9.17) is 10.8 Å². The summed E-state index contributed by atoms with van der Waals surface area (Å²) in [7, 11) is 0. The molecule has 0 aliphatic heterocycles. The van der Waals surface area contributed by atoms with Crippen LogP contribution in [0.4, 0.5) is 5.95 Å². The zero-order valence-electron chi connectivity index (χ0n) is 15.0. The lowest BCUT2D eigenvalue weighted by atomic mass is 9.89. The molecule has 5 heteroatoms. The van der Waals surface area contributed by atoms with Crippen LogP contribution in [0.15, 0.2) is 66.7 Å². The van der Waals surface area contributed by atoms with Gasteiger partial charge in [-0.25, -0.2) is 9.97 Å². The summed E-state index contributed by atoms with van der Waals surface area (Å²) in [5, 5.41) is 9.01. The van der Waals surface area contributed by atoms with Crippen molar-refractivity contribution >= 4 is 11.9 Å². The van der Waals surface area contributed by atoms with E-state index in [2.05, 4.69) is 9.97 Å². The van der Waals surface area contributed by atoms with Gasteiger partial charge in [-0.2, -0.15) is 0 Å². The molecule has 3 N–H and O–H groups in total. The van der Waals surface area contributed by atoms with E-state index in [9.17, 15) is 4.79 Å². The van der Waals surface area contributed by atoms with Gasteiger partial charge in [-0.15, -0.1) is 0 Å². The molecule has 0 fully saturated rings. The summed E-state index contributed by atoms with van der Waals surface area (Å²) in [6, 6.07) is 21.4. The highest BCUT2D eigenvalue weighted by molar-refractivity contribution is 5.69. The Hall–Kier alpha value is -3.21. The van der Waals surface area contributed by atoms with E-state index < -0.39 is 5.97 Å². The number of carboxylic acid groups (broad SMARTS) is 1. The fourth-order valence-corrected chi connectivity index (χ4v) is 2.73. The van der Waals surface area contributed by atoms with Crippen molar-refractivity contribution in [2.24, 2.45) is 0 Å². The Morgan fingerprint density at radius 2 is 1.35 bits per heavy atom. The number of nitrogen functional groups attached to an aromatic ring is 1. The van der Waals surface area contributed by atoms with Crippen LogP contribution in [0.5, 0.6) is 0 Å². The average molecular weight is 349 g/mol. The molecule has 0 spiro atoms. The minimum atomic E-state index is -0.775. The lowest BCUT2D eigenvalue weighted by molar-refractivity contribution is -0.137. The molecule has 3 rings (SSSR count). The van der Waals surface area contributed by atoms with Gasteiger partial charge in [-0.1, -0.05) is 60.7 Å². The maximum atomic E-state index is 11.0. The zero-order valence-corrected chi connectivity index (χ0v) is 15.0. The van der Waals surface area contributed by atoms with Crippen LogP contribution in [0.3, 0.4) is 0 Å². The molecule has 26 heavy (non-hydrogen) atoms. The summed E-state index contributed by atoms with van der Waals surface area (Å²) in [6.07, 6.45) is 0.119. The zero-order chi connectivity index (χ0) is 18.9. The number of carbonyl (C=O) groups is 1. The fourth-order valence-electron chi connectivity index (χ4n) is 2.73. The van der Waals surface area contributed by atoms with Gasteiger partial charge in [-0.05, 0) is 31.0 Å². The average Bonchev–Trinajstić information content (AvgIpc) is 2.60. The number of benzene rings is 2. The number of aryl methyl sites for hydroxylation is 2. The fraction of sp³-hybridized carbons (Fsp3) is 0.190. The molecule has 0 aliphatic carbocycles. The van der Waals surface area contributed by atoms with Crippen molar-refractivity contribution < 1.29 is 9.90 Å². The van der Waals surface area contributed by atoms with Crippen molar-refractivity contribution in [3.8, 4) is 0 Å². The molecule has 1 heterocycles. The van der Waals surface area contributed by atoms with Crippen molar-refractivity contribution in [2.75, 3.05) is 5.73 Å². The van der Waals surface area contributed by atoms with Crippen LogP contribution >= 0.6 is 0 Å². The summed E-state index contributed by atoms with van der Waals surface area (Å²) in [6.45, 7) is 3.79. The van der Waals surface area contributed by atoms with Crippen LogP contribution < -0.4 is 5.73 Å². The van der Waals surface area contributed by atoms with Crippen molar-refractivity contribution in [3.63, 3.8) is 0 Å². The minimum absolute atomic E-state index is 0.0742. The van der Waals surface area contributed by atoms with Gasteiger partial charge in [0.15, 0.2) is 0 Å². The third-order valence-electron chi connectivity index (χ3n) is 3.78. The molecule has 0 aliphatic rings. The highest BCUT2D eigenvalue weighted by Gasteiger charge is 2.16. The van der Waals surface area contributed by atoms with Gasteiger partial charge >= 0.3 is 5.97 Å². The summed E-state index contributed by atoms with van der Waals surface area (Å²) >= 11 is 0. The van der Waals surface area contributed by atoms with E-state index in [0.717, 1.165) is 22.5 Å². The quantitative estimate of drug-likeness (QED) is 0.744. The van der Waals surface area contributed by atoms with E-state index >= 15 is 0 Å². The first-order chi connectivity index (χ1) is 12.5. The first-order valence-corrected chi connectivity index (χ1v) is 8.35. The lowest BCUT2D eigenvalue weighted by Gasteiger charge is -2.15. The number of rotatable bonds is 4. The van der Waals surface area contributed by atoms with Crippen molar-refractivity contribution in [1.29, 1.82) is 0 Å². The Balaban J connectivity index is 0.000000228. The van der Waals surface area contributed by atoms with E-state index in [1.165, 1.54) is 0 Å². The van der Waals surface area contributed by atoms with Gasteiger partial charge < -0.3 is 10.8 Å². The first-order valence-electron chi connectivity index (χ1n) is 8.35. The molecule has 0 atom stereocenters. The number of hydrogen-bond acceptors (Lipinski definition) is 4. The van der Waals surface area contributed by atoms with Crippen LogP contribution in [-0.4, -0.2) is 21.0 Å². The SMILES string of the molecule is Cc1cc(C)nc(N)n1.O=C(O)CC(c1ccccc1)c1ccccc1. The monoisotopic (exact) mass is 349 g/mol. The van der Waals surface area contributed by atoms with Crippen molar-refractivity contribution in [2.45, 2.75) is 26.2 Å². The molecule has 2 aromatic carbocycles. The van der Waals surface area contributed by atoms with Gasteiger partial charge in [-0.3, -0.25) is 4.79 Å². The number of aliphatic carboxylic acids is 1. The summed E-state index contributed by atoms with van der Waals surface area (Å²) in [4.78, 5) is 18.8. The van der Waals surface area contributed by atoms with Crippen molar-refractivity contribution in [1.82, 2.24) is 9.97 Å². The molecule has 3 aromatic rings. The number of carboxylic acids is 1. The molecule has 134 valence electrons. The number of hydrogen-bond donors (Lipinski definition) is 2. The highest BCUT2D eigenvalue weighted by atomic mass is 16.4. The highest BCUT2D eigenvalue weighted by Crippen LogP contribution is 2.27. The third kappa shape index (κ3) is 6.02. The number of nitrogens with zero attached hydrogens (tertiary/aromatic N) is 2. The van der Waals surface area contributed by atoms with Gasteiger partial charge in [0.1, 0.15) is 0 Å². The molecule has 0 bridgehead atoms. The summed E-state index contributed by atoms with van der Waals surface area (Å²) in [5.41, 5.74) is 9.26. The Kier molecular flexibility index (Phi) is 6.85. The Bertz CT molecular complexity index is 746. The van der Waals surface area contributed by atoms with Crippen LogP contribution in [0.25, 0.3) is 0 Å². The molecule has 0 unspecified atom stereocenters. The first kappa shape index (κ1) is 19.1. The van der Waals surface area contributed by atoms with Crippen LogP contribution in [0.2, 0.25) is 0 Å². The molecule has 5 nitrogen and oxygen atoms in total. The van der Waals surface area contributed by atoms with Gasteiger partial charge in [0, 0.05) is 17.3 Å². The van der Waals surface area contributed by atoms with E-state index in [0.29, 0.717) is 5.95 Å². The molecule has 0 saturated heterocycles. The predicted molar refractivity (Wildman–Crippen MR) is 103 cm³/mol. The standard InChI is InChI=1S/C15H14O2.C6H9N3/c16-15(17)11-14(12-7-3-1-4-8-12)13-9-5-2-6-10-13;1-4-3-5(2)9-6(7)8-4/h1-10,14H,11H2,(H,16,17);3H,1-2H3,(H2,7,8,9). The minimum Gasteiger partial charge on any atom is -0.481 e. The van der Waals surface area contributed by atoms with E-state index in [1.807, 2.05) is 80.6 Å².